The van der Waals surface area contributed by atoms with E-state index in [9.17, 15) is 14.7 Å². The van der Waals surface area contributed by atoms with E-state index in [-0.39, 0.29) is 31.1 Å². The molecular formula is C33H42N4O6. The largest absolute Gasteiger partial charge is 0.392 e. The summed E-state index contributed by atoms with van der Waals surface area (Å²) in [5.74, 6) is -0.528. The Bertz CT molecular complexity index is 1290. The molecule has 1 aromatic heterocycles. The number of hydrogen-bond donors (Lipinski definition) is 4. The van der Waals surface area contributed by atoms with E-state index in [1.54, 1.807) is 5.48 Å². The molecule has 3 atom stereocenters. The van der Waals surface area contributed by atoms with Crippen LogP contribution in [0, 0.1) is 0 Å². The highest BCUT2D eigenvalue weighted by molar-refractivity contribution is 5.90. The topological polar surface area (TPSA) is 133 Å². The molecule has 1 fully saturated rings. The Morgan fingerprint density at radius 3 is 2.47 bits per heavy atom. The second kappa shape index (κ2) is 16.8. The summed E-state index contributed by atoms with van der Waals surface area (Å²) in [7, 11) is 2.08. The molecule has 2 heterocycles. The van der Waals surface area contributed by atoms with Crippen molar-refractivity contribution in [3.8, 4) is 0 Å². The van der Waals surface area contributed by atoms with Crippen molar-refractivity contribution in [1.82, 2.24) is 15.4 Å². The van der Waals surface area contributed by atoms with Crippen LogP contribution in [0.5, 0.6) is 0 Å². The highest BCUT2D eigenvalue weighted by atomic mass is 16.7. The molecule has 10 nitrogen and oxygen atoms in total. The average molecular weight is 591 g/mol. The molecule has 0 radical (unpaired) electrons. The maximum Gasteiger partial charge on any atom is 0.243 e. The Morgan fingerprint density at radius 2 is 1.74 bits per heavy atom. The minimum Gasteiger partial charge on any atom is -0.392 e. The van der Waals surface area contributed by atoms with E-state index in [1.165, 1.54) is 0 Å². The van der Waals surface area contributed by atoms with Gasteiger partial charge in [0, 0.05) is 61.9 Å². The number of nitrogens with zero attached hydrogens (tertiary/aromatic N) is 2. The van der Waals surface area contributed by atoms with Crippen LogP contribution in [0.25, 0.3) is 0 Å². The lowest BCUT2D eigenvalue weighted by atomic mass is 9.99. The molecule has 4 N–H and O–H groups in total. The number of hydrogen-bond acceptors (Lipinski definition) is 8. The van der Waals surface area contributed by atoms with Crippen LogP contribution in [0.2, 0.25) is 0 Å². The van der Waals surface area contributed by atoms with Crippen molar-refractivity contribution in [2.24, 2.45) is 0 Å². The predicted octanol–water partition coefficient (Wildman–Crippen LogP) is 4.69. The van der Waals surface area contributed by atoms with Crippen LogP contribution >= 0.6 is 0 Å². The number of likely N-dealkylation sites (N-methyl/N-ethyl adjacent to an activating group) is 1. The first-order valence-corrected chi connectivity index (χ1v) is 14.9. The number of ether oxygens (including phenoxy) is 2. The fourth-order valence-corrected chi connectivity index (χ4v) is 5.11. The van der Waals surface area contributed by atoms with Crippen molar-refractivity contribution in [2.45, 2.75) is 70.1 Å². The van der Waals surface area contributed by atoms with E-state index >= 15 is 0 Å². The number of nitrogens with one attached hydrogen (secondary N) is 2. The molecule has 43 heavy (non-hydrogen) atoms. The second-order valence-corrected chi connectivity index (χ2v) is 11.0. The molecule has 2 amide bonds. The molecule has 0 bridgehead atoms. The number of carbonyl (C=O) groups is 2. The van der Waals surface area contributed by atoms with Crippen LogP contribution in [-0.2, 0) is 32.1 Å². The molecule has 0 aliphatic carbocycles. The van der Waals surface area contributed by atoms with Gasteiger partial charge in [0.25, 0.3) is 0 Å². The number of carbonyl (C=O) groups excluding carboxylic acids is 2. The molecule has 0 spiro atoms. The maximum absolute atomic E-state index is 12.6. The van der Waals surface area contributed by atoms with Crippen molar-refractivity contribution < 1.29 is 29.4 Å². The van der Waals surface area contributed by atoms with Gasteiger partial charge < -0.3 is 24.8 Å². The van der Waals surface area contributed by atoms with E-state index in [1.807, 2.05) is 72.9 Å². The lowest BCUT2D eigenvalue weighted by Gasteiger charge is -2.38. The Hall–Kier alpha value is -3.67. The second-order valence-electron chi connectivity index (χ2n) is 11.0. The predicted molar refractivity (Wildman–Crippen MR) is 162 cm³/mol. The molecule has 0 unspecified atom stereocenters. The molecule has 1 aliphatic heterocycles. The summed E-state index contributed by atoms with van der Waals surface area (Å²) >= 11 is 0. The SMILES string of the molecule is CN(CCc1ccccn1)C[C@H]1C[C@@H](c2ccc(CO)cc2)O[C@@H](c2cccc(NC(=O)CCCCCC(=O)NO)c2)O1. The summed E-state index contributed by atoms with van der Waals surface area (Å²) in [6, 6.07) is 21.3. The molecule has 2 aromatic carbocycles. The molecule has 0 saturated carbocycles. The van der Waals surface area contributed by atoms with E-state index in [4.69, 9.17) is 14.7 Å². The van der Waals surface area contributed by atoms with Crippen LogP contribution in [0.15, 0.2) is 72.9 Å². The third-order valence-corrected chi connectivity index (χ3v) is 7.48. The van der Waals surface area contributed by atoms with Gasteiger partial charge in [-0.05, 0) is 55.3 Å². The number of amides is 2. The van der Waals surface area contributed by atoms with E-state index in [0.29, 0.717) is 44.3 Å². The maximum atomic E-state index is 12.6. The van der Waals surface area contributed by atoms with Gasteiger partial charge in [0.15, 0.2) is 6.29 Å². The highest BCUT2D eigenvalue weighted by Gasteiger charge is 2.33. The molecule has 10 heteroatoms. The van der Waals surface area contributed by atoms with Crippen molar-refractivity contribution >= 4 is 17.5 Å². The number of aliphatic hydroxyl groups excluding tert-OH is 1. The van der Waals surface area contributed by atoms with Crippen molar-refractivity contribution in [1.29, 1.82) is 0 Å². The van der Waals surface area contributed by atoms with E-state index < -0.39 is 12.2 Å². The van der Waals surface area contributed by atoms with Gasteiger partial charge in [-0.25, -0.2) is 5.48 Å². The minimum absolute atomic E-state index is 0.0133. The number of anilines is 1. The summed E-state index contributed by atoms with van der Waals surface area (Å²) in [6.07, 6.45) is 4.94. The third kappa shape index (κ3) is 10.5. The minimum atomic E-state index is -0.625. The fourth-order valence-electron chi connectivity index (χ4n) is 5.11. The Labute approximate surface area is 253 Å². The van der Waals surface area contributed by atoms with Crippen LogP contribution in [0.1, 0.15) is 73.3 Å². The summed E-state index contributed by atoms with van der Waals surface area (Å²) in [4.78, 5) is 30.4. The number of aromatic nitrogens is 1. The number of pyridine rings is 1. The quantitative estimate of drug-likeness (QED) is 0.114. The van der Waals surface area contributed by atoms with Gasteiger partial charge in [0.05, 0.1) is 18.8 Å². The van der Waals surface area contributed by atoms with Crippen molar-refractivity contribution in [3.05, 3.63) is 95.3 Å². The lowest BCUT2D eigenvalue weighted by molar-refractivity contribution is -0.252. The van der Waals surface area contributed by atoms with Crippen LogP contribution in [0.3, 0.4) is 0 Å². The summed E-state index contributed by atoms with van der Waals surface area (Å²) in [6.45, 7) is 1.54. The van der Waals surface area contributed by atoms with Gasteiger partial charge in [-0.1, -0.05) is 48.9 Å². The number of benzene rings is 2. The summed E-state index contributed by atoms with van der Waals surface area (Å²) in [5, 5.41) is 21.0. The zero-order valence-electron chi connectivity index (χ0n) is 24.7. The molecule has 4 rings (SSSR count). The van der Waals surface area contributed by atoms with Gasteiger partial charge in [-0.3, -0.25) is 19.8 Å². The van der Waals surface area contributed by atoms with Gasteiger partial charge in [0.1, 0.15) is 0 Å². The zero-order valence-corrected chi connectivity index (χ0v) is 24.7. The fraction of sp³-hybridized carbons (Fsp3) is 0.424. The number of aliphatic hydroxyl groups is 1. The van der Waals surface area contributed by atoms with Crippen molar-refractivity contribution in [2.75, 3.05) is 25.5 Å². The normalized spacial score (nSPS) is 18.4. The first-order chi connectivity index (χ1) is 20.9. The Kier molecular flexibility index (Phi) is 12.6. The van der Waals surface area contributed by atoms with E-state index in [2.05, 4.69) is 22.2 Å². The number of unbranched alkanes of at least 4 members (excludes halogenated alkanes) is 2. The standard InChI is InChI=1S/C33H42N4O6/c1-37(19-17-27-9-5-6-18-34-27)22-29-21-30(25-15-13-24(23-38)14-16-25)43-33(42-29)26-8-7-10-28(20-26)35-31(39)11-3-2-4-12-32(40)36-41/h5-10,13-16,18,20,29-30,33,38,41H,2-4,11-12,17,19,21-23H2,1H3,(H,35,39)(H,36,40)/t29-,30+,33+/m1/s1. The lowest BCUT2D eigenvalue weighted by Crippen LogP contribution is -2.38. The average Bonchev–Trinajstić information content (AvgIpc) is 3.04. The Morgan fingerprint density at radius 1 is 0.953 bits per heavy atom. The van der Waals surface area contributed by atoms with Gasteiger partial charge in [0.2, 0.25) is 11.8 Å². The number of rotatable bonds is 15. The first-order valence-electron chi connectivity index (χ1n) is 14.9. The smallest absolute Gasteiger partial charge is 0.243 e. The van der Waals surface area contributed by atoms with Gasteiger partial charge >= 0.3 is 0 Å². The van der Waals surface area contributed by atoms with Crippen LogP contribution in [-0.4, -0.2) is 58.3 Å². The van der Waals surface area contributed by atoms with Gasteiger partial charge in [-0.2, -0.15) is 0 Å². The van der Waals surface area contributed by atoms with Crippen LogP contribution < -0.4 is 10.8 Å². The molecular weight excluding hydrogens is 548 g/mol. The first kappa shape index (κ1) is 32.2. The summed E-state index contributed by atoms with van der Waals surface area (Å²) in [5.41, 5.74) is 6.00. The molecule has 1 saturated heterocycles. The molecule has 3 aromatic rings. The third-order valence-electron chi connectivity index (χ3n) is 7.48. The number of hydroxylamine groups is 1. The van der Waals surface area contributed by atoms with Crippen molar-refractivity contribution in [3.63, 3.8) is 0 Å². The Balaban J connectivity index is 1.39. The van der Waals surface area contributed by atoms with Crippen LogP contribution in [0.4, 0.5) is 5.69 Å². The molecule has 1 aliphatic rings. The van der Waals surface area contributed by atoms with Gasteiger partial charge in [-0.15, -0.1) is 0 Å². The monoisotopic (exact) mass is 590 g/mol. The summed E-state index contributed by atoms with van der Waals surface area (Å²) < 4.78 is 13.0. The van der Waals surface area contributed by atoms with E-state index in [0.717, 1.165) is 35.3 Å². The molecule has 230 valence electrons. The zero-order chi connectivity index (χ0) is 30.4. The highest BCUT2D eigenvalue weighted by Crippen LogP contribution is 2.38.